The van der Waals surface area contributed by atoms with Gasteiger partial charge < -0.3 is 10.1 Å². The van der Waals surface area contributed by atoms with E-state index in [9.17, 15) is 17.6 Å². The molecular formula is C17H23ClF4N2O. The fraction of sp³-hybridized carbons (Fsp3) is 0.647. The number of hydrogen-bond acceptors (Lipinski definition) is 3. The zero-order valence-electron chi connectivity index (χ0n) is 13.8. The Kier molecular flexibility index (Phi) is 6.93. The second kappa shape index (κ2) is 8.56. The summed E-state index contributed by atoms with van der Waals surface area (Å²) in [6, 6.07) is 6.26. The number of para-hydroxylation sites is 1. The molecule has 1 saturated carbocycles. The van der Waals surface area contributed by atoms with E-state index in [0.717, 1.165) is 45.4 Å². The molecule has 0 spiro atoms. The minimum Gasteiger partial charge on any atom is -0.428 e. The summed E-state index contributed by atoms with van der Waals surface area (Å²) in [5, 5.41) is 3.27. The summed E-state index contributed by atoms with van der Waals surface area (Å²) in [7, 11) is 0. The van der Waals surface area contributed by atoms with E-state index in [-0.39, 0.29) is 24.2 Å². The average molecular weight is 383 g/mol. The number of hydrogen-bond donors (Lipinski definition) is 1. The molecule has 0 radical (unpaired) electrons. The first-order chi connectivity index (χ1) is 11.5. The van der Waals surface area contributed by atoms with Gasteiger partial charge in [0.2, 0.25) is 0 Å². The van der Waals surface area contributed by atoms with Crippen molar-refractivity contribution in [2.24, 2.45) is 5.92 Å². The Morgan fingerprint density at radius 3 is 2.40 bits per heavy atom. The molecule has 1 aliphatic carbocycles. The lowest BCUT2D eigenvalue weighted by molar-refractivity contribution is -0.253. The molecule has 2 aliphatic rings. The van der Waals surface area contributed by atoms with Crippen molar-refractivity contribution < 1.29 is 22.3 Å². The summed E-state index contributed by atoms with van der Waals surface area (Å²) in [5.41, 5.74) is 0.576. The van der Waals surface area contributed by atoms with Crippen molar-refractivity contribution in [1.82, 2.24) is 10.2 Å². The number of halogens is 5. The van der Waals surface area contributed by atoms with Crippen LogP contribution in [-0.2, 0) is 0 Å². The maximum absolute atomic E-state index is 13.4. The first kappa shape index (κ1) is 20.3. The van der Waals surface area contributed by atoms with Crippen LogP contribution in [0.1, 0.15) is 30.9 Å². The Balaban J connectivity index is 0.00000225. The quantitative estimate of drug-likeness (QED) is 0.719. The second-order valence-corrected chi connectivity index (χ2v) is 6.48. The highest BCUT2D eigenvalue weighted by atomic mass is 35.5. The van der Waals surface area contributed by atoms with Gasteiger partial charge in [0.25, 0.3) is 0 Å². The van der Waals surface area contributed by atoms with Crippen LogP contribution in [0.15, 0.2) is 24.3 Å². The van der Waals surface area contributed by atoms with Crippen molar-refractivity contribution in [2.45, 2.75) is 37.8 Å². The minimum absolute atomic E-state index is 0. The van der Waals surface area contributed by atoms with Gasteiger partial charge in [0.15, 0.2) is 0 Å². The molecule has 1 aromatic carbocycles. The summed E-state index contributed by atoms with van der Waals surface area (Å²) in [6.45, 7) is 3.27. The molecule has 0 bridgehead atoms. The zero-order chi connectivity index (χ0) is 17.2. The lowest BCUT2D eigenvalue weighted by Crippen LogP contribution is -2.45. The van der Waals surface area contributed by atoms with Crippen LogP contribution in [0, 0.1) is 5.92 Å². The molecule has 3 rings (SSSR count). The number of benzene rings is 1. The van der Waals surface area contributed by atoms with E-state index >= 15 is 0 Å². The van der Waals surface area contributed by atoms with E-state index in [1.165, 1.54) is 12.1 Å². The highest BCUT2D eigenvalue weighted by Crippen LogP contribution is 2.43. The highest BCUT2D eigenvalue weighted by Gasteiger charge is 2.45. The molecule has 2 fully saturated rings. The second-order valence-electron chi connectivity index (χ2n) is 6.48. The maximum atomic E-state index is 13.4. The third-order valence-corrected chi connectivity index (χ3v) is 4.62. The van der Waals surface area contributed by atoms with Gasteiger partial charge in [-0.15, -0.1) is 12.4 Å². The zero-order valence-corrected chi connectivity index (χ0v) is 14.6. The van der Waals surface area contributed by atoms with Gasteiger partial charge in [-0.2, -0.15) is 17.6 Å². The minimum atomic E-state index is -4.48. The van der Waals surface area contributed by atoms with Crippen LogP contribution >= 0.6 is 12.4 Å². The predicted octanol–water partition coefficient (Wildman–Crippen LogP) is 4.09. The van der Waals surface area contributed by atoms with Crippen LogP contribution in [0.2, 0.25) is 0 Å². The van der Waals surface area contributed by atoms with Crippen LogP contribution in [0.25, 0.3) is 0 Å². The summed E-state index contributed by atoms with van der Waals surface area (Å²) in [4.78, 5) is 2.23. The third-order valence-electron chi connectivity index (χ3n) is 4.62. The van der Waals surface area contributed by atoms with E-state index < -0.39 is 12.5 Å². The molecule has 0 unspecified atom stereocenters. The number of piperazine rings is 1. The number of nitrogens with zero attached hydrogens (tertiary/aromatic N) is 1. The van der Waals surface area contributed by atoms with Crippen molar-refractivity contribution in [2.75, 3.05) is 26.2 Å². The number of nitrogens with one attached hydrogen (secondary N) is 1. The molecule has 3 nitrogen and oxygen atoms in total. The first-order valence-electron chi connectivity index (χ1n) is 8.36. The predicted molar refractivity (Wildman–Crippen MR) is 89.8 cm³/mol. The lowest BCUT2D eigenvalue weighted by Gasteiger charge is -2.36. The molecular weight excluding hydrogens is 360 g/mol. The summed E-state index contributed by atoms with van der Waals surface area (Å²) >= 11 is 0. The molecule has 1 atom stereocenters. The molecule has 1 N–H and O–H groups in total. The van der Waals surface area contributed by atoms with Gasteiger partial charge in [-0.25, -0.2) is 0 Å². The van der Waals surface area contributed by atoms with Crippen LogP contribution < -0.4 is 10.1 Å². The normalized spacial score (nSPS) is 20.2. The SMILES string of the molecule is Cl.FC(F)C(F)(F)Oc1ccccc1[C@@H](CC1CC1)N1CCNCC1. The van der Waals surface area contributed by atoms with Gasteiger partial charge >= 0.3 is 12.5 Å². The average Bonchev–Trinajstić information content (AvgIpc) is 3.38. The topological polar surface area (TPSA) is 24.5 Å². The highest BCUT2D eigenvalue weighted by molar-refractivity contribution is 5.85. The van der Waals surface area contributed by atoms with Crippen LogP contribution in [0.4, 0.5) is 17.6 Å². The van der Waals surface area contributed by atoms with Crippen molar-refractivity contribution in [3.05, 3.63) is 29.8 Å². The molecule has 0 amide bonds. The van der Waals surface area contributed by atoms with Gasteiger partial charge in [0, 0.05) is 37.8 Å². The van der Waals surface area contributed by atoms with Gasteiger partial charge in [-0.3, -0.25) is 4.90 Å². The number of rotatable bonds is 7. The van der Waals surface area contributed by atoms with E-state index in [1.807, 2.05) is 0 Å². The van der Waals surface area contributed by atoms with Crippen molar-refractivity contribution >= 4 is 12.4 Å². The number of ether oxygens (including phenoxy) is 1. The van der Waals surface area contributed by atoms with E-state index in [2.05, 4.69) is 15.0 Å². The summed E-state index contributed by atoms with van der Waals surface area (Å²) < 4.78 is 56.3. The van der Waals surface area contributed by atoms with E-state index in [0.29, 0.717) is 11.5 Å². The van der Waals surface area contributed by atoms with Crippen LogP contribution in [0.3, 0.4) is 0 Å². The Hall–Kier alpha value is -1.05. The Morgan fingerprint density at radius 2 is 1.80 bits per heavy atom. The van der Waals surface area contributed by atoms with Gasteiger partial charge in [0.05, 0.1) is 0 Å². The van der Waals surface area contributed by atoms with Crippen LogP contribution in [-0.4, -0.2) is 43.6 Å². The molecule has 0 aromatic heterocycles. The fourth-order valence-corrected chi connectivity index (χ4v) is 3.18. The van der Waals surface area contributed by atoms with Gasteiger partial charge in [-0.1, -0.05) is 31.0 Å². The monoisotopic (exact) mass is 382 g/mol. The maximum Gasteiger partial charge on any atom is 0.461 e. The summed E-state index contributed by atoms with van der Waals surface area (Å²) in [5.74, 6) is 0.431. The van der Waals surface area contributed by atoms with Crippen molar-refractivity contribution in [1.29, 1.82) is 0 Å². The van der Waals surface area contributed by atoms with Gasteiger partial charge in [-0.05, 0) is 18.4 Å². The molecule has 1 heterocycles. The molecule has 25 heavy (non-hydrogen) atoms. The van der Waals surface area contributed by atoms with Crippen molar-refractivity contribution in [3.63, 3.8) is 0 Å². The first-order valence-corrected chi connectivity index (χ1v) is 8.36. The lowest BCUT2D eigenvalue weighted by atomic mass is 9.97. The Bertz CT molecular complexity index is 551. The third kappa shape index (κ3) is 5.21. The molecule has 142 valence electrons. The Labute approximate surface area is 151 Å². The largest absolute Gasteiger partial charge is 0.461 e. The van der Waals surface area contributed by atoms with E-state index in [1.54, 1.807) is 12.1 Å². The van der Waals surface area contributed by atoms with Crippen molar-refractivity contribution in [3.8, 4) is 5.75 Å². The molecule has 1 saturated heterocycles. The molecule has 8 heteroatoms. The summed E-state index contributed by atoms with van der Waals surface area (Å²) in [6.07, 6.45) is -5.21. The van der Waals surface area contributed by atoms with Gasteiger partial charge in [0.1, 0.15) is 5.75 Å². The standard InChI is InChI=1S/C17H22F4N2O.ClH/c18-16(19)17(20,21)24-15-4-2-1-3-13(15)14(11-12-5-6-12)23-9-7-22-8-10-23;/h1-4,12,14,16,22H,5-11H2;1H/t14-;/m1./s1. The van der Waals surface area contributed by atoms with E-state index in [4.69, 9.17) is 0 Å². The number of alkyl halides is 4. The molecule has 1 aromatic rings. The van der Waals surface area contributed by atoms with Crippen LogP contribution in [0.5, 0.6) is 5.75 Å². The smallest absolute Gasteiger partial charge is 0.428 e. The molecule has 1 aliphatic heterocycles. The fourth-order valence-electron chi connectivity index (χ4n) is 3.18. The Morgan fingerprint density at radius 1 is 1.16 bits per heavy atom.